The van der Waals surface area contributed by atoms with Crippen LogP contribution in [0.15, 0.2) is 28.8 Å². The molecule has 1 saturated carbocycles. The summed E-state index contributed by atoms with van der Waals surface area (Å²) in [7, 11) is -3.29. The standard InChI is InChI=1S/C23H33N2O5P/c1-6-28-31(5,27)19(22(26)29-23(2,3)4)15-20-24-21(25-30-20)18-13-11-17(12-14-18)10-9-16-7-8-16/h11-14,16,19H,6-10,15H2,1-5H3. The maximum atomic E-state index is 13.1. The molecular weight excluding hydrogens is 415 g/mol. The predicted molar refractivity (Wildman–Crippen MR) is 119 cm³/mol. The van der Waals surface area contributed by atoms with Gasteiger partial charge in [-0.3, -0.25) is 9.36 Å². The van der Waals surface area contributed by atoms with Crippen LogP contribution < -0.4 is 0 Å². The second kappa shape index (κ2) is 9.66. The molecule has 8 heteroatoms. The van der Waals surface area contributed by atoms with Gasteiger partial charge in [0.1, 0.15) is 11.3 Å². The Morgan fingerprint density at radius 1 is 1.26 bits per heavy atom. The number of carbonyl (C=O) groups is 1. The molecule has 2 atom stereocenters. The summed E-state index contributed by atoms with van der Waals surface area (Å²) in [6.45, 7) is 8.71. The molecule has 1 aromatic carbocycles. The number of aryl methyl sites for hydroxylation is 1. The van der Waals surface area contributed by atoms with Gasteiger partial charge in [-0.15, -0.1) is 0 Å². The van der Waals surface area contributed by atoms with E-state index < -0.39 is 24.6 Å². The van der Waals surface area contributed by atoms with Crippen molar-refractivity contribution >= 4 is 13.3 Å². The minimum Gasteiger partial charge on any atom is -0.459 e. The minimum absolute atomic E-state index is 0.00480. The van der Waals surface area contributed by atoms with E-state index in [9.17, 15) is 9.36 Å². The van der Waals surface area contributed by atoms with Crippen molar-refractivity contribution in [2.75, 3.05) is 13.3 Å². The predicted octanol–water partition coefficient (Wildman–Crippen LogP) is 5.28. The van der Waals surface area contributed by atoms with Crippen molar-refractivity contribution in [3.63, 3.8) is 0 Å². The van der Waals surface area contributed by atoms with Gasteiger partial charge < -0.3 is 13.8 Å². The van der Waals surface area contributed by atoms with E-state index in [-0.39, 0.29) is 18.9 Å². The summed E-state index contributed by atoms with van der Waals surface area (Å²) < 4.78 is 29.3. The Morgan fingerprint density at radius 2 is 1.94 bits per heavy atom. The summed E-state index contributed by atoms with van der Waals surface area (Å²) >= 11 is 0. The zero-order chi connectivity index (χ0) is 22.6. The number of hydrogen-bond donors (Lipinski definition) is 0. The summed E-state index contributed by atoms with van der Waals surface area (Å²) in [5, 5.41) is 4.05. The van der Waals surface area contributed by atoms with Crippen LogP contribution in [-0.4, -0.2) is 40.6 Å². The van der Waals surface area contributed by atoms with E-state index >= 15 is 0 Å². The highest BCUT2D eigenvalue weighted by Gasteiger charge is 2.40. The summed E-state index contributed by atoms with van der Waals surface area (Å²) in [6.07, 6.45) is 5.05. The van der Waals surface area contributed by atoms with Gasteiger partial charge in [0.05, 0.1) is 6.61 Å². The molecule has 0 N–H and O–H groups in total. The largest absolute Gasteiger partial charge is 0.459 e. The number of nitrogens with zero attached hydrogens (tertiary/aromatic N) is 2. The molecule has 1 aliphatic carbocycles. The fourth-order valence-corrected chi connectivity index (χ4v) is 4.99. The van der Waals surface area contributed by atoms with Gasteiger partial charge in [-0.2, -0.15) is 4.98 Å². The third-order valence-corrected chi connectivity index (χ3v) is 7.51. The third kappa shape index (κ3) is 7.01. The number of hydrogen-bond acceptors (Lipinski definition) is 7. The quantitative estimate of drug-likeness (QED) is 0.361. The van der Waals surface area contributed by atoms with Crippen LogP contribution in [0, 0.1) is 5.92 Å². The first-order valence-electron chi connectivity index (χ1n) is 10.9. The molecule has 0 saturated heterocycles. The van der Waals surface area contributed by atoms with E-state index in [1.165, 1.54) is 31.5 Å². The van der Waals surface area contributed by atoms with Crippen LogP contribution in [0.1, 0.15) is 58.4 Å². The molecule has 1 aromatic heterocycles. The zero-order valence-electron chi connectivity index (χ0n) is 19.1. The summed E-state index contributed by atoms with van der Waals surface area (Å²) in [5.41, 5.74) is 0.421. The molecule has 0 amide bonds. The molecule has 1 heterocycles. The monoisotopic (exact) mass is 448 g/mol. The van der Waals surface area contributed by atoms with Gasteiger partial charge in [0.15, 0.2) is 0 Å². The zero-order valence-corrected chi connectivity index (χ0v) is 20.0. The molecule has 31 heavy (non-hydrogen) atoms. The van der Waals surface area contributed by atoms with Crippen molar-refractivity contribution in [3.05, 3.63) is 35.7 Å². The molecule has 0 radical (unpaired) electrons. The molecule has 0 spiro atoms. The van der Waals surface area contributed by atoms with Crippen LogP contribution in [0.25, 0.3) is 11.4 Å². The number of rotatable bonds is 10. The molecule has 1 fully saturated rings. The van der Waals surface area contributed by atoms with Crippen LogP contribution in [0.4, 0.5) is 0 Å². The maximum absolute atomic E-state index is 13.1. The summed E-state index contributed by atoms with van der Waals surface area (Å²) in [5.74, 6) is 0.981. The topological polar surface area (TPSA) is 91.5 Å². The van der Waals surface area contributed by atoms with Gasteiger partial charge in [0, 0.05) is 18.6 Å². The summed E-state index contributed by atoms with van der Waals surface area (Å²) in [6, 6.07) is 8.14. The van der Waals surface area contributed by atoms with E-state index in [2.05, 4.69) is 22.3 Å². The van der Waals surface area contributed by atoms with Gasteiger partial charge in [0.2, 0.25) is 19.1 Å². The van der Waals surface area contributed by atoms with E-state index in [0.717, 1.165) is 17.9 Å². The summed E-state index contributed by atoms with van der Waals surface area (Å²) in [4.78, 5) is 17.2. The van der Waals surface area contributed by atoms with E-state index in [1.54, 1.807) is 27.7 Å². The van der Waals surface area contributed by atoms with Crippen molar-refractivity contribution in [1.29, 1.82) is 0 Å². The SMILES string of the molecule is CCOP(C)(=O)C(Cc1nc(-c2ccc(CCC3CC3)cc2)no1)C(=O)OC(C)(C)C. The van der Waals surface area contributed by atoms with Gasteiger partial charge in [0.25, 0.3) is 0 Å². The van der Waals surface area contributed by atoms with E-state index in [0.29, 0.717) is 5.82 Å². The Hall–Kier alpha value is -1.98. The number of ether oxygens (including phenoxy) is 1. The molecule has 2 aromatic rings. The Balaban J connectivity index is 1.72. The third-order valence-electron chi connectivity index (χ3n) is 5.22. The molecule has 7 nitrogen and oxygen atoms in total. The lowest BCUT2D eigenvalue weighted by Gasteiger charge is -2.26. The lowest BCUT2D eigenvalue weighted by atomic mass is 10.1. The fraction of sp³-hybridized carbons (Fsp3) is 0.609. The minimum atomic E-state index is -3.29. The van der Waals surface area contributed by atoms with Crippen molar-refractivity contribution < 1.29 is 23.1 Å². The lowest BCUT2D eigenvalue weighted by molar-refractivity contribution is -0.154. The van der Waals surface area contributed by atoms with Gasteiger partial charge >= 0.3 is 5.97 Å². The van der Waals surface area contributed by atoms with Crippen molar-refractivity contribution in [2.24, 2.45) is 5.92 Å². The Kier molecular flexibility index (Phi) is 7.38. The highest BCUT2D eigenvalue weighted by atomic mass is 31.2. The first-order chi connectivity index (χ1) is 14.6. The fourth-order valence-electron chi connectivity index (χ4n) is 3.37. The molecule has 170 valence electrons. The van der Waals surface area contributed by atoms with Crippen molar-refractivity contribution in [1.82, 2.24) is 10.1 Å². The lowest BCUT2D eigenvalue weighted by Crippen LogP contribution is -2.33. The Morgan fingerprint density at radius 3 is 2.52 bits per heavy atom. The number of benzene rings is 1. The first-order valence-corrected chi connectivity index (χ1v) is 13.1. The molecule has 0 aliphatic heterocycles. The van der Waals surface area contributed by atoms with E-state index in [1.807, 2.05) is 12.1 Å². The van der Waals surface area contributed by atoms with Gasteiger partial charge in [-0.05, 0) is 52.0 Å². The van der Waals surface area contributed by atoms with Crippen LogP contribution >= 0.6 is 7.37 Å². The van der Waals surface area contributed by atoms with Crippen molar-refractivity contribution in [2.45, 2.75) is 71.1 Å². The van der Waals surface area contributed by atoms with Crippen LogP contribution in [0.5, 0.6) is 0 Å². The van der Waals surface area contributed by atoms with Crippen LogP contribution in [-0.2, 0) is 31.5 Å². The molecule has 1 aliphatic rings. The van der Waals surface area contributed by atoms with E-state index in [4.69, 9.17) is 13.8 Å². The average Bonchev–Trinajstić information content (AvgIpc) is 3.39. The number of carbonyl (C=O) groups excluding carboxylic acids is 1. The highest BCUT2D eigenvalue weighted by Crippen LogP contribution is 2.50. The highest BCUT2D eigenvalue weighted by molar-refractivity contribution is 7.60. The normalized spacial score (nSPS) is 17.2. The number of esters is 1. The Bertz CT molecular complexity index is 928. The second-order valence-electron chi connectivity index (χ2n) is 9.27. The number of aromatic nitrogens is 2. The maximum Gasteiger partial charge on any atom is 0.319 e. The molecule has 0 bridgehead atoms. The Labute approximate surface area is 184 Å². The van der Waals surface area contributed by atoms with Crippen LogP contribution in [0.3, 0.4) is 0 Å². The van der Waals surface area contributed by atoms with Gasteiger partial charge in [-0.25, -0.2) is 0 Å². The first kappa shape index (κ1) is 23.7. The van der Waals surface area contributed by atoms with Crippen LogP contribution in [0.2, 0.25) is 0 Å². The van der Waals surface area contributed by atoms with Gasteiger partial charge in [-0.1, -0.05) is 42.3 Å². The van der Waals surface area contributed by atoms with Crippen molar-refractivity contribution in [3.8, 4) is 11.4 Å². The second-order valence-corrected chi connectivity index (χ2v) is 12.0. The average molecular weight is 449 g/mol. The molecular formula is C23H33N2O5P. The molecule has 2 unspecified atom stereocenters. The molecule has 3 rings (SSSR count). The smallest absolute Gasteiger partial charge is 0.319 e.